The third-order valence-corrected chi connectivity index (χ3v) is 7.59. The number of amides is 2. The first-order valence-corrected chi connectivity index (χ1v) is 11.9. The van der Waals surface area contributed by atoms with Gasteiger partial charge >= 0.3 is 6.03 Å². The molecule has 3 N–H and O–H groups in total. The molecule has 2 aromatic rings. The molecule has 0 radical (unpaired) electrons. The monoisotopic (exact) mass is 430 g/mol. The van der Waals surface area contributed by atoms with E-state index in [1.54, 1.807) is 4.68 Å². The number of carbonyl (C=O) groups excluding carboxylic acids is 1. The van der Waals surface area contributed by atoms with Crippen LogP contribution in [0.15, 0.2) is 15.5 Å². The molecule has 0 bridgehead atoms. The van der Waals surface area contributed by atoms with Crippen LogP contribution in [0.4, 0.5) is 10.5 Å². The molecule has 3 heterocycles. The van der Waals surface area contributed by atoms with Gasteiger partial charge in [0.05, 0.1) is 24.2 Å². The van der Waals surface area contributed by atoms with Gasteiger partial charge in [0.1, 0.15) is 4.90 Å². The predicted octanol–water partition coefficient (Wildman–Crippen LogP) is 2.71. The molecule has 160 valence electrons. The second kappa shape index (κ2) is 6.78. The number of anilines is 1. The molecule has 0 fully saturated rings. The van der Waals surface area contributed by atoms with E-state index in [0.29, 0.717) is 19.0 Å². The Labute approximate surface area is 175 Å². The summed E-state index contributed by atoms with van der Waals surface area (Å²) in [4.78, 5) is 17.9. The van der Waals surface area contributed by atoms with Crippen molar-refractivity contribution in [2.24, 2.45) is 9.50 Å². The maximum Gasteiger partial charge on any atom is 0.354 e. The van der Waals surface area contributed by atoms with Crippen molar-refractivity contribution < 1.29 is 13.7 Å². The Bertz CT molecular complexity index is 1180. The molecule has 1 atom stereocenters. The lowest BCUT2D eigenvalue weighted by Crippen LogP contribution is -2.21. The molecule has 2 amide bonds. The molecular formula is C20H26N6O3S. The molecule has 9 nitrogen and oxygen atoms in total. The van der Waals surface area contributed by atoms with E-state index in [1.807, 2.05) is 0 Å². The average Bonchev–Trinajstić information content (AvgIpc) is 3.39. The fourth-order valence-electron chi connectivity index (χ4n) is 4.68. The number of nitrogens with two attached hydrogens (primary N) is 1. The number of ether oxygens (including phenoxy) is 1. The zero-order chi connectivity index (χ0) is 21.1. The molecule has 0 spiro atoms. The van der Waals surface area contributed by atoms with E-state index in [-0.39, 0.29) is 10.3 Å². The summed E-state index contributed by atoms with van der Waals surface area (Å²) in [6, 6.07) is -0.717. The third kappa shape index (κ3) is 3.09. The van der Waals surface area contributed by atoms with Crippen molar-refractivity contribution in [1.82, 2.24) is 14.8 Å². The van der Waals surface area contributed by atoms with Crippen molar-refractivity contribution in [2.45, 2.75) is 69.2 Å². The van der Waals surface area contributed by atoms with Crippen LogP contribution in [0.1, 0.15) is 55.6 Å². The molecule has 5 rings (SSSR count). The number of hydrogen-bond acceptors (Lipinski definition) is 5. The van der Waals surface area contributed by atoms with Crippen LogP contribution in [-0.2, 0) is 41.1 Å². The van der Waals surface area contributed by atoms with Crippen molar-refractivity contribution in [3.05, 3.63) is 28.7 Å². The highest BCUT2D eigenvalue weighted by molar-refractivity contribution is 7.91. The molecule has 10 heteroatoms. The summed E-state index contributed by atoms with van der Waals surface area (Å²) in [7, 11) is -3.49. The Kier molecular flexibility index (Phi) is 4.41. The first-order chi connectivity index (χ1) is 14.3. The molecule has 2 aromatic heterocycles. The van der Waals surface area contributed by atoms with Crippen LogP contribution in [-0.4, -0.2) is 31.6 Å². The highest BCUT2D eigenvalue weighted by Gasteiger charge is 2.36. The molecule has 0 aromatic carbocycles. The summed E-state index contributed by atoms with van der Waals surface area (Å²) in [5.74, 6) is 0.331. The van der Waals surface area contributed by atoms with Crippen LogP contribution in [0.3, 0.4) is 0 Å². The van der Waals surface area contributed by atoms with Gasteiger partial charge < -0.3 is 10.1 Å². The molecule has 0 saturated heterocycles. The normalized spacial score (nSPS) is 20.5. The Hall–Kier alpha value is -2.46. The van der Waals surface area contributed by atoms with Gasteiger partial charge in [-0.3, -0.25) is 4.98 Å². The van der Waals surface area contributed by atoms with E-state index < -0.39 is 15.9 Å². The number of pyridine rings is 1. The lowest BCUT2D eigenvalue weighted by molar-refractivity contribution is 0.224. The van der Waals surface area contributed by atoms with Crippen molar-refractivity contribution in [2.75, 3.05) is 11.9 Å². The standard InChI is InChI=1S/C20H26N6O3S/c1-20(2)8-7-13-16(12-5-3-6-14(12)23-17(13)20)24-19(27)25-30(21,28)15-11-22-26-9-4-10-29-18(15)26/h11H,3-10H2,1-2H3,(H3,21,23,24,25,27,28). The number of carbonyl (C=O) groups is 1. The molecule has 2 aliphatic carbocycles. The summed E-state index contributed by atoms with van der Waals surface area (Å²) in [6.45, 7) is 5.51. The van der Waals surface area contributed by atoms with E-state index in [1.165, 1.54) is 6.20 Å². The maximum absolute atomic E-state index is 13.1. The number of fused-ring (bicyclic) bond motifs is 3. The second-order valence-corrected chi connectivity index (χ2v) is 10.6. The number of aryl methyl sites for hydroxylation is 2. The van der Waals surface area contributed by atoms with Gasteiger partial charge in [-0.2, -0.15) is 5.10 Å². The highest BCUT2D eigenvalue weighted by atomic mass is 32.2. The summed E-state index contributed by atoms with van der Waals surface area (Å²) < 4.78 is 24.1. The van der Waals surface area contributed by atoms with Gasteiger partial charge in [-0.15, -0.1) is 4.36 Å². The third-order valence-electron chi connectivity index (χ3n) is 6.24. The lowest BCUT2D eigenvalue weighted by Gasteiger charge is -2.20. The van der Waals surface area contributed by atoms with Crippen molar-refractivity contribution in [3.63, 3.8) is 0 Å². The van der Waals surface area contributed by atoms with E-state index in [4.69, 9.17) is 14.9 Å². The fraction of sp³-hybridized carbons (Fsp3) is 0.550. The smallest absolute Gasteiger partial charge is 0.354 e. The highest BCUT2D eigenvalue weighted by Crippen LogP contribution is 2.44. The molecule has 0 saturated carbocycles. The summed E-state index contributed by atoms with van der Waals surface area (Å²) in [6.07, 6.45) is 6.81. The van der Waals surface area contributed by atoms with E-state index in [0.717, 1.165) is 66.7 Å². The number of aromatic nitrogens is 3. The van der Waals surface area contributed by atoms with Crippen LogP contribution >= 0.6 is 0 Å². The molecule has 1 aliphatic heterocycles. The van der Waals surface area contributed by atoms with Crippen LogP contribution in [0, 0.1) is 0 Å². The minimum absolute atomic E-state index is 0.0282. The summed E-state index contributed by atoms with van der Waals surface area (Å²) in [5.41, 5.74) is 5.00. The van der Waals surface area contributed by atoms with Gasteiger partial charge in [-0.05, 0) is 43.2 Å². The average molecular weight is 431 g/mol. The zero-order valence-corrected chi connectivity index (χ0v) is 18.0. The topological polar surface area (TPSA) is 124 Å². The van der Waals surface area contributed by atoms with Gasteiger partial charge in [0.25, 0.3) is 0 Å². The number of nitrogens with one attached hydrogen (secondary N) is 1. The number of rotatable bonds is 2. The van der Waals surface area contributed by atoms with Gasteiger partial charge in [-0.1, -0.05) is 13.8 Å². The zero-order valence-electron chi connectivity index (χ0n) is 17.2. The Balaban J connectivity index is 1.51. The second-order valence-electron chi connectivity index (χ2n) is 8.81. The summed E-state index contributed by atoms with van der Waals surface area (Å²) in [5, 5.41) is 13.0. The van der Waals surface area contributed by atoms with Crippen molar-refractivity contribution in [1.29, 1.82) is 0 Å². The summed E-state index contributed by atoms with van der Waals surface area (Å²) >= 11 is 0. The number of urea groups is 1. The number of hydrogen-bond donors (Lipinski definition) is 2. The van der Waals surface area contributed by atoms with E-state index in [2.05, 4.69) is 28.6 Å². The lowest BCUT2D eigenvalue weighted by atomic mass is 9.90. The van der Waals surface area contributed by atoms with Gasteiger partial charge in [0.2, 0.25) is 5.88 Å². The predicted molar refractivity (Wildman–Crippen MR) is 112 cm³/mol. The van der Waals surface area contributed by atoms with E-state index in [9.17, 15) is 9.00 Å². The number of nitrogens with zero attached hydrogens (tertiary/aromatic N) is 4. The van der Waals surface area contributed by atoms with Crippen molar-refractivity contribution >= 4 is 21.6 Å². The Morgan fingerprint density at radius 1 is 1.30 bits per heavy atom. The van der Waals surface area contributed by atoms with Crippen LogP contribution in [0.2, 0.25) is 0 Å². The van der Waals surface area contributed by atoms with Crippen LogP contribution in [0.5, 0.6) is 5.88 Å². The van der Waals surface area contributed by atoms with Gasteiger partial charge in [0.15, 0.2) is 9.92 Å². The maximum atomic E-state index is 13.1. The quantitative estimate of drug-likeness (QED) is 0.758. The molecule has 30 heavy (non-hydrogen) atoms. The first kappa shape index (κ1) is 19.5. The van der Waals surface area contributed by atoms with Crippen LogP contribution < -0.4 is 15.2 Å². The first-order valence-electron chi connectivity index (χ1n) is 10.4. The molecule has 3 aliphatic rings. The minimum Gasteiger partial charge on any atom is -0.477 e. The van der Waals surface area contributed by atoms with Gasteiger partial charge in [-0.25, -0.2) is 18.8 Å². The minimum atomic E-state index is -3.49. The molecule has 1 unspecified atom stereocenters. The van der Waals surface area contributed by atoms with E-state index >= 15 is 0 Å². The molecular weight excluding hydrogens is 404 g/mol. The largest absolute Gasteiger partial charge is 0.477 e. The van der Waals surface area contributed by atoms with Crippen molar-refractivity contribution in [3.8, 4) is 5.88 Å². The Morgan fingerprint density at radius 3 is 2.97 bits per heavy atom. The Morgan fingerprint density at radius 2 is 2.13 bits per heavy atom. The fourth-order valence-corrected chi connectivity index (χ4v) is 5.68. The van der Waals surface area contributed by atoms with Gasteiger partial charge in [0, 0.05) is 24.1 Å². The SMILES string of the molecule is CC1(C)CCc2c1nc1c(c2NC(=O)N=S(N)(=O)c2cnn3c2OCCC3)CCC1. The van der Waals surface area contributed by atoms with Crippen LogP contribution in [0.25, 0.3) is 0 Å².